The van der Waals surface area contributed by atoms with Crippen molar-refractivity contribution in [2.24, 2.45) is 0 Å². The van der Waals surface area contributed by atoms with Crippen molar-refractivity contribution < 1.29 is 9.53 Å². The summed E-state index contributed by atoms with van der Waals surface area (Å²) >= 11 is 0. The molecule has 2 N–H and O–H groups in total. The van der Waals surface area contributed by atoms with Gasteiger partial charge in [-0.3, -0.25) is 4.79 Å². The molecular formula is C18H18N6O2. The third-order valence-corrected chi connectivity index (χ3v) is 4.50. The molecule has 2 aromatic rings. The van der Waals surface area contributed by atoms with E-state index >= 15 is 0 Å². The van der Waals surface area contributed by atoms with Gasteiger partial charge in [-0.05, 0) is 24.6 Å². The van der Waals surface area contributed by atoms with Crippen molar-refractivity contribution >= 4 is 11.6 Å². The molecule has 0 unspecified atom stereocenters. The van der Waals surface area contributed by atoms with Crippen molar-refractivity contribution in [1.29, 1.82) is 5.26 Å². The Hall–Kier alpha value is -3.34. The number of carbonyl (C=O) groups excluding carboxylic acids is 1. The molecular weight excluding hydrogens is 332 g/mol. The van der Waals surface area contributed by atoms with E-state index in [1.54, 1.807) is 35.5 Å². The second-order valence-electron chi connectivity index (χ2n) is 6.25. The van der Waals surface area contributed by atoms with Gasteiger partial charge in [-0.2, -0.15) is 5.26 Å². The molecule has 1 fully saturated rings. The summed E-state index contributed by atoms with van der Waals surface area (Å²) in [6, 6.07) is 5.23. The van der Waals surface area contributed by atoms with E-state index < -0.39 is 0 Å². The number of rotatable bonds is 3. The topological polar surface area (TPSA) is 103 Å². The van der Waals surface area contributed by atoms with E-state index in [2.05, 4.69) is 26.8 Å². The molecule has 4 rings (SSSR count). The molecule has 0 radical (unpaired) electrons. The lowest BCUT2D eigenvalue weighted by Gasteiger charge is -2.23. The van der Waals surface area contributed by atoms with Crippen LogP contribution in [0.4, 0.5) is 5.69 Å². The monoisotopic (exact) mass is 350 g/mol. The number of nitrogens with one attached hydrogen (secondary N) is 2. The molecule has 1 aromatic carbocycles. The summed E-state index contributed by atoms with van der Waals surface area (Å²) in [6.07, 6.45) is 6.21. The maximum Gasteiger partial charge on any atom is 0.251 e. The zero-order valence-corrected chi connectivity index (χ0v) is 14.1. The molecule has 2 aliphatic rings. The standard InChI is InChI=1S/C18H18N6O2/c19-11-24-6-2-13(10-24)23-18(25)12-8-14(17-21-3-1-4-22-17)16-15(9-12)26-7-5-20-16/h1,3-4,8-9,13,20H,2,5-7,10H2,(H,23,25)/t13-/m1/s1. The number of hydrogen-bond acceptors (Lipinski definition) is 7. The number of nitrogens with zero attached hydrogens (tertiary/aromatic N) is 4. The van der Waals surface area contributed by atoms with E-state index in [-0.39, 0.29) is 11.9 Å². The van der Waals surface area contributed by atoms with Crippen LogP contribution in [0.2, 0.25) is 0 Å². The fourth-order valence-electron chi connectivity index (χ4n) is 3.23. The number of likely N-dealkylation sites (tertiary alicyclic amines) is 1. The molecule has 0 saturated carbocycles. The average molecular weight is 350 g/mol. The molecule has 0 bridgehead atoms. The molecule has 2 aliphatic heterocycles. The highest BCUT2D eigenvalue weighted by Gasteiger charge is 2.25. The molecule has 1 amide bonds. The maximum atomic E-state index is 12.7. The summed E-state index contributed by atoms with van der Waals surface area (Å²) in [5, 5.41) is 15.3. The average Bonchev–Trinajstić information content (AvgIpc) is 3.15. The highest BCUT2D eigenvalue weighted by Crippen LogP contribution is 2.37. The van der Waals surface area contributed by atoms with Crippen LogP contribution in [-0.4, -0.2) is 53.1 Å². The SMILES string of the molecule is N#CN1CC[C@@H](NC(=O)c2cc3c(c(-c4ncccn4)c2)NCCO3)C1. The van der Waals surface area contributed by atoms with E-state index in [0.29, 0.717) is 43.4 Å². The van der Waals surface area contributed by atoms with E-state index in [0.717, 1.165) is 17.7 Å². The van der Waals surface area contributed by atoms with Crippen molar-refractivity contribution in [3.63, 3.8) is 0 Å². The van der Waals surface area contributed by atoms with Gasteiger partial charge >= 0.3 is 0 Å². The van der Waals surface area contributed by atoms with Crippen molar-refractivity contribution in [2.45, 2.75) is 12.5 Å². The molecule has 8 nitrogen and oxygen atoms in total. The van der Waals surface area contributed by atoms with Crippen LogP contribution in [0, 0.1) is 11.5 Å². The number of amides is 1. The number of aromatic nitrogens is 2. The van der Waals surface area contributed by atoms with Gasteiger partial charge in [-0.1, -0.05) is 0 Å². The van der Waals surface area contributed by atoms with Crippen LogP contribution in [0.25, 0.3) is 11.4 Å². The van der Waals surface area contributed by atoms with Crippen LogP contribution in [0.3, 0.4) is 0 Å². The van der Waals surface area contributed by atoms with E-state index in [9.17, 15) is 4.79 Å². The number of benzene rings is 1. The van der Waals surface area contributed by atoms with Gasteiger partial charge in [0.25, 0.3) is 5.91 Å². The van der Waals surface area contributed by atoms with Gasteiger partial charge in [0.05, 0.1) is 5.69 Å². The van der Waals surface area contributed by atoms with Gasteiger partial charge < -0.3 is 20.3 Å². The molecule has 0 aliphatic carbocycles. The normalized spacial score (nSPS) is 18.3. The van der Waals surface area contributed by atoms with Crippen LogP contribution in [0.5, 0.6) is 5.75 Å². The summed E-state index contributed by atoms with van der Waals surface area (Å²) in [5.74, 6) is 0.966. The van der Waals surface area contributed by atoms with Crippen molar-refractivity contribution in [1.82, 2.24) is 20.2 Å². The number of fused-ring (bicyclic) bond motifs is 1. The van der Waals surface area contributed by atoms with E-state index in [1.165, 1.54) is 0 Å². The zero-order chi connectivity index (χ0) is 17.9. The molecule has 26 heavy (non-hydrogen) atoms. The zero-order valence-electron chi connectivity index (χ0n) is 14.1. The van der Waals surface area contributed by atoms with Gasteiger partial charge in [-0.15, -0.1) is 0 Å². The minimum atomic E-state index is -0.191. The Morgan fingerprint density at radius 1 is 1.38 bits per heavy atom. The Labute approximate surface area is 150 Å². The maximum absolute atomic E-state index is 12.7. The smallest absolute Gasteiger partial charge is 0.251 e. The lowest BCUT2D eigenvalue weighted by molar-refractivity contribution is 0.0938. The molecule has 1 saturated heterocycles. The molecule has 3 heterocycles. The summed E-state index contributed by atoms with van der Waals surface area (Å²) in [7, 11) is 0. The van der Waals surface area contributed by atoms with Crippen LogP contribution in [0.15, 0.2) is 30.6 Å². The number of anilines is 1. The summed E-state index contributed by atoms with van der Waals surface area (Å²) < 4.78 is 5.73. The third kappa shape index (κ3) is 3.11. The lowest BCUT2D eigenvalue weighted by Crippen LogP contribution is -2.36. The Kier molecular flexibility index (Phi) is 4.27. The first kappa shape index (κ1) is 16.1. The van der Waals surface area contributed by atoms with Crippen LogP contribution in [0.1, 0.15) is 16.8 Å². The number of ether oxygens (including phenoxy) is 1. The lowest BCUT2D eigenvalue weighted by atomic mass is 10.0. The summed E-state index contributed by atoms with van der Waals surface area (Å²) in [5.41, 5.74) is 2.03. The first-order valence-corrected chi connectivity index (χ1v) is 8.52. The van der Waals surface area contributed by atoms with Gasteiger partial charge in [0.15, 0.2) is 12.0 Å². The Morgan fingerprint density at radius 3 is 3.00 bits per heavy atom. The fourth-order valence-corrected chi connectivity index (χ4v) is 3.23. The van der Waals surface area contributed by atoms with Gasteiger partial charge in [0.1, 0.15) is 12.4 Å². The minimum Gasteiger partial charge on any atom is -0.490 e. The molecule has 8 heteroatoms. The molecule has 1 atom stereocenters. The number of hydrogen-bond donors (Lipinski definition) is 2. The largest absolute Gasteiger partial charge is 0.490 e. The predicted octanol–water partition coefficient (Wildman–Crippen LogP) is 1.23. The van der Waals surface area contributed by atoms with Crippen molar-refractivity contribution in [3.8, 4) is 23.3 Å². The Morgan fingerprint density at radius 2 is 2.23 bits per heavy atom. The Bertz CT molecular complexity index is 864. The Balaban J connectivity index is 1.64. The van der Waals surface area contributed by atoms with Crippen molar-refractivity contribution in [3.05, 3.63) is 36.2 Å². The predicted molar refractivity (Wildman–Crippen MR) is 94.5 cm³/mol. The van der Waals surface area contributed by atoms with Crippen LogP contribution >= 0.6 is 0 Å². The highest BCUT2D eigenvalue weighted by atomic mass is 16.5. The highest BCUT2D eigenvalue weighted by molar-refractivity contribution is 5.98. The number of carbonyl (C=O) groups is 1. The minimum absolute atomic E-state index is 0.0337. The van der Waals surface area contributed by atoms with Gasteiger partial charge in [0.2, 0.25) is 0 Å². The third-order valence-electron chi connectivity index (χ3n) is 4.50. The molecule has 132 valence electrons. The second kappa shape index (κ2) is 6.88. The van der Waals surface area contributed by atoms with E-state index in [4.69, 9.17) is 10.00 Å². The number of nitriles is 1. The summed E-state index contributed by atoms with van der Waals surface area (Å²) in [4.78, 5) is 23.0. The quantitative estimate of drug-likeness (QED) is 0.803. The van der Waals surface area contributed by atoms with Crippen molar-refractivity contribution in [2.75, 3.05) is 31.6 Å². The molecule has 1 aromatic heterocycles. The first-order chi connectivity index (χ1) is 12.7. The van der Waals surface area contributed by atoms with Gasteiger partial charge in [0, 0.05) is 49.2 Å². The van der Waals surface area contributed by atoms with Crippen LogP contribution < -0.4 is 15.4 Å². The van der Waals surface area contributed by atoms with Gasteiger partial charge in [-0.25, -0.2) is 9.97 Å². The second-order valence-corrected chi connectivity index (χ2v) is 6.25. The fraction of sp³-hybridized carbons (Fsp3) is 0.333. The van der Waals surface area contributed by atoms with Crippen LogP contribution in [-0.2, 0) is 0 Å². The van der Waals surface area contributed by atoms with E-state index in [1.807, 2.05) is 0 Å². The molecule has 0 spiro atoms. The summed E-state index contributed by atoms with van der Waals surface area (Å²) in [6.45, 7) is 2.43. The first-order valence-electron chi connectivity index (χ1n) is 8.52.